The number of nitrogens with zero attached hydrogens (tertiary/aromatic N) is 4. The molecule has 1 aromatic heterocycles. The summed E-state index contributed by atoms with van der Waals surface area (Å²) in [6.07, 6.45) is 4.56. The molecule has 5 aromatic rings. The Morgan fingerprint density at radius 1 is 0.804 bits per heavy atom. The summed E-state index contributed by atoms with van der Waals surface area (Å²) in [4.78, 5) is 34.5. The minimum atomic E-state index is -0.668. The van der Waals surface area contributed by atoms with Crippen molar-refractivity contribution in [3.8, 4) is 5.75 Å². The van der Waals surface area contributed by atoms with Gasteiger partial charge in [-0.25, -0.2) is 14.6 Å². The molecule has 1 unspecified atom stereocenters. The number of imidazole rings is 1. The van der Waals surface area contributed by atoms with Gasteiger partial charge in [0.25, 0.3) is 0 Å². The van der Waals surface area contributed by atoms with Gasteiger partial charge in [0, 0.05) is 38.8 Å². The third-order valence-corrected chi connectivity index (χ3v) is 9.73. The third kappa shape index (κ3) is 9.72. The maximum atomic E-state index is 13.5. The van der Waals surface area contributed by atoms with E-state index in [1.54, 1.807) is 15.9 Å². The first-order valence-electron chi connectivity index (χ1n) is 19.4. The Balaban J connectivity index is 1.17. The van der Waals surface area contributed by atoms with Crippen molar-refractivity contribution in [1.82, 2.24) is 19.4 Å². The number of nitrogen functional groups attached to an aromatic ring is 1. The van der Waals surface area contributed by atoms with Crippen LogP contribution >= 0.6 is 0 Å². The molecule has 2 amide bonds. The first kappa shape index (κ1) is 39.9. The quantitative estimate of drug-likeness (QED) is 0.1000. The topological polar surface area (TPSA) is 112 Å². The maximum Gasteiger partial charge on any atom is 0.410 e. The maximum absolute atomic E-state index is 13.5. The Morgan fingerprint density at radius 2 is 1.38 bits per heavy atom. The number of ether oxygens (including phenoxy) is 3. The molecule has 1 atom stereocenters. The summed E-state index contributed by atoms with van der Waals surface area (Å²) >= 11 is 0. The summed E-state index contributed by atoms with van der Waals surface area (Å²) in [6.45, 7) is 13.3. The van der Waals surface area contributed by atoms with E-state index in [-0.39, 0.29) is 12.0 Å². The second-order valence-electron chi connectivity index (χ2n) is 16.5. The Bertz CT molecular complexity index is 1960. The zero-order valence-corrected chi connectivity index (χ0v) is 33.5. The molecule has 0 bridgehead atoms. The van der Waals surface area contributed by atoms with Gasteiger partial charge in [-0.3, -0.25) is 0 Å². The molecule has 294 valence electrons. The lowest BCUT2D eigenvalue weighted by molar-refractivity contribution is 0.0196. The second kappa shape index (κ2) is 16.9. The summed E-state index contributed by atoms with van der Waals surface area (Å²) in [6, 6.07) is 37.1. The number of hydrogen-bond donors (Lipinski definition) is 1. The average Bonchev–Trinajstić information content (AvgIpc) is 3.84. The van der Waals surface area contributed by atoms with Gasteiger partial charge in [-0.15, -0.1) is 0 Å². The van der Waals surface area contributed by atoms with Gasteiger partial charge in [-0.1, -0.05) is 97.1 Å². The van der Waals surface area contributed by atoms with Crippen LogP contribution in [0.15, 0.2) is 122 Å². The van der Waals surface area contributed by atoms with Crippen molar-refractivity contribution in [1.29, 1.82) is 0 Å². The van der Waals surface area contributed by atoms with Crippen LogP contribution in [0.25, 0.3) is 0 Å². The van der Waals surface area contributed by atoms with Gasteiger partial charge in [-0.05, 0) is 88.3 Å². The summed E-state index contributed by atoms with van der Waals surface area (Å²) in [5.41, 5.74) is 10.1. The zero-order chi connectivity index (χ0) is 39.9. The second-order valence-corrected chi connectivity index (χ2v) is 16.5. The SMILES string of the molecule is CC(C)(C)OC(=O)N1CCC(CN(Cc2ccc(N)c(OCCc3cn(C(c4ccccc4)(c4ccccc4)c4ccccc4)cn3)c2)C(=O)OC(C)(C)C)C1. The number of rotatable bonds is 12. The van der Waals surface area contributed by atoms with E-state index >= 15 is 0 Å². The van der Waals surface area contributed by atoms with Crippen LogP contribution in [0.4, 0.5) is 15.3 Å². The van der Waals surface area contributed by atoms with Crippen LogP contribution in [0, 0.1) is 5.92 Å². The predicted octanol–water partition coefficient (Wildman–Crippen LogP) is 8.92. The average molecular weight is 758 g/mol. The fourth-order valence-corrected chi connectivity index (χ4v) is 7.27. The molecule has 1 fully saturated rings. The van der Waals surface area contributed by atoms with Crippen LogP contribution in [-0.2, 0) is 28.0 Å². The van der Waals surface area contributed by atoms with Gasteiger partial charge < -0.3 is 34.3 Å². The van der Waals surface area contributed by atoms with E-state index < -0.39 is 22.8 Å². The van der Waals surface area contributed by atoms with E-state index in [9.17, 15) is 9.59 Å². The van der Waals surface area contributed by atoms with Crippen LogP contribution in [0.2, 0.25) is 0 Å². The van der Waals surface area contributed by atoms with E-state index in [1.807, 2.05) is 78.2 Å². The van der Waals surface area contributed by atoms with Crippen LogP contribution < -0.4 is 10.5 Å². The molecule has 10 nitrogen and oxygen atoms in total. The highest BCUT2D eigenvalue weighted by Crippen LogP contribution is 2.41. The van der Waals surface area contributed by atoms with Crippen molar-refractivity contribution in [2.24, 2.45) is 5.92 Å². The van der Waals surface area contributed by atoms with Crippen molar-refractivity contribution in [2.45, 2.75) is 77.7 Å². The molecular weight excluding hydrogens is 703 g/mol. The van der Waals surface area contributed by atoms with Gasteiger partial charge in [0.1, 0.15) is 22.5 Å². The van der Waals surface area contributed by atoms with Gasteiger partial charge in [-0.2, -0.15) is 0 Å². The monoisotopic (exact) mass is 757 g/mol. The fourth-order valence-electron chi connectivity index (χ4n) is 7.27. The number of likely N-dealkylation sites (tertiary alicyclic amines) is 1. The summed E-state index contributed by atoms with van der Waals surface area (Å²) in [7, 11) is 0. The van der Waals surface area contributed by atoms with Crippen molar-refractivity contribution in [3.05, 3.63) is 150 Å². The molecule has 0 spiro atoms. The van der Waals surface area contributed by atoms with E-state index in [0.29, 0.717) is 50.6 Å². The van der Waals surface area contributed by atoms with Crippen LogP contribution in [0.1, 0.15) is 75.9 Å². The van der Waals surface area contributed by atoms with Crippen LogP contribution in [0.3, 0.4) is 0 Å². The summed E-state index contributed by atoms with van der Waals surface area (Å²) in [5, 5.41) is 0. The molecule has 1 aliphatic heterocycles. The highest BCUT2D eigenvalue weighted by molar-refractivity contribution is 5.69. The van der Waals surface area contributed by atoms with Gasteiger partial charge in [0.15, 0.2) is 0 Å². The lowest BCUT2D eigenvalue weighted by Gasteiger charge is -2.37. The normalized spacial score (nSPS) is 14.7. The highest BCUT2D eigenvalue weighted by atomic mass is 16.6. The number of carbonyl (C=O) groups excluding carboxylic acids is 2. The standard InChI is InChI=1S/C46H55N5O5/c1-44(2,3)55-42(52)49-26-24-35(30-49)31-50(43(53)56-45(4,5)6)29-34-22-23-40(47)41(28-34)54-27-25-39-32-51(33-48-39)46(36-16-10-7-11-17-36,37-18-12-8-13-19-37)38-20-14-9-15-21-38/h7-23,28,32-33,35H,24-27,29-31,47H2,1-6H3. The first-order chi connectivity index (χ1) is 26.7. The molecule has 56 heavy (non-hydrogen) atoms. The van der Waals surface area contributed by atoms with Gasteiger partial charge in [0.2, 0.25) is 0 Å². The van der Waals surface area contributed by atoms with Crippen molar-refractivity contribution in [3.63, 3.8) is 0 Å². The fraction of sp³-hybridized carbons (Fsp3) is 0.370. The van der Waals surface area contributed by atoms with E-state index in [4.69, 9.17) is 24.9 Å². The summed E-state index contributed by atoms with van der Waals surface area (Å²) < 4.78 is 19.9. The van der Waals surface area contributed by atoms with Crippen molar-refractivity contribution >= 4 is 17.9 Å². The molecule has 2 heterocycles. The van der Waals surface area contributed by atoms with Crippen LogP contribution in [0.5, 0.6) is 5.75 Å². The van der Waals surface area contributed by atoms with E-state index in [0.717, 1.165) is 34.4 Å². The highest BCUT2D eigenvalue weighted by Gasteiger charge is 2.38. The summed E-state index contributed by atoms with van der Waals surface area (Å²) in [5.74, 6) is 0.610. The zero-order valence-electron chi connectivity index (χ0n) is 33.5. The molecule has 2 N–H and O–H groups in total. The number of nitrogens with two attached hydrogens (primary N) is 1. The lowest BCUT2D eigenvalue weighted by Crippen LogP contribution is -2.40. The van der Waals surface area contributed by atoms with Gasteiger partial charge in [0.05, 0.1) is 24.3 Å². The molecule has 10 heteroatoms. The van der Waals surface area contributed by atoms with Crippen LogP contribution in [-0.4, -0.2) is 69.0 Å². The molecule has 4 aromatic carbocycles. The molecule has 0 radical (unpaired) electrons. The van der Waals surface area contributed by atoms with Gasteiger partial charge >= 0.3 is 12.2 Å². The molecule has 1 saturated heterocycles. The molecule has 0 saturated carbocycles. The number of anilines is 1. The Morgan fingerprint density at radius 3 is 1.93 bits per heavy atom. The van der Waals surface area contributed by atoms with E-state index in [2.05, 4.69) is 83.6 Å². The smallest absolute Gasteiger partial charge is 0.410 e. The number of hydrogen-bond acceptors (Lipinski definition) is 7. The van der Waals surface area contributed by atoms with Crippen molar-refractivity contribution in [2.75, 3.05) is 32.0 Å². The molecule has 0 aliphatic carbocycles. The Kier molecular flexibility index (Phi) is 12.1. The predicted molar refractivity (Wildman–Crippen MR) is 219 cm³/mol. The molecular formula is C46H55N5O5. The Hall–Kier alpha value is -5.77. The number of aromatic nitrogens is 2. The lowest BCUT2D eigenvalue weighted by atomic mass is 9.77. The minimum absolute atomic E-state index is 0.0729. The number of benzene rings is 4. The third-order valence-electron chi connectivity index (χ3n) is 9.73. The minimum Gasteiger partial charge on any atom is -0.491 e. The first-order valence-corrected chi connectivity index (χ1v) is 19.4. The molecule has 6 rings (SSSR count). The van der Waals surface area contributed by atoms with E-state index in [1.165, 1.54) is 0 Å². The number of carbonyl (C=O) groups is 2. The molecule has 1 aliphatic rings. The largest absolute Gasteiger partial charge is 0.491 e. The number of amides is 2. The van der Waals surface area contributed by atoms with Crippen molar-refractivity contribution < 1.29 is 23.8 Å². The Labute approximate surface area is 331 Å².